The van der Waals surface area contributed by atoms with Crippen LogP contribution >= 0.6 is 0 Å². The van der Waals surface area contributed by atoms with Crippen LogP contribution in [0.15, 0.2) is 124 Å². The average molecular weight is 570 g/mol. The van der Waals surface area contributed by atoms with Crippen molar-refractivity contribution >= 4 is 33.7 Å². The third-order valence-electron chi connectivity index (χ3n) is 7.45. The second-order valence-corrected chi connectivity index (χ2v) is 10.1. The average Bonchev–Trinajstić information content (AvgIpc) is 3.38. The number of non-ortho nitro benzene ring substituents is 1. The first kappa shape index (κ1) is 25.9. The number of aliphatic imine (C=N–C) groups is 1. The third-order valence-corrected chi connectivity index (χ3v) is 7.45. The van der Waals surface area contributed by atoms with Crippen LogP contribution in [0.4, 0.5) is 17.1 Å². The van der Waals surface area contributed by atoms with E-state index in [9.17, 15) is 20.0 Å². The predicted octanol–water partition coefficient (Wildman–Crippen LogP) is 6.94. The van der Waals surface area contributed by atoms with Crippen molar-refractivity contribution in [3.63, 3.8) is 0 Å². The summed E-state index contributed by atoms with van der Waals surface area (Å²) in [6.45, 7) is 0. The van der Waals surface area contributed by atoms with Crippen LogP contribution in [-0.4, -0.2) is 25.5 Å². The molecular weight excluding hydrogens is 546 g/mol. The smallest absolute Gasteiger partial charge is 0.349 e. The van der Waals surface area contributed by atoms with Crippen LogP contribution in [0.3, 0.4) is 0 Å². The number of para-hydroxylation sites is 4. The molecule has 2 aromatic heterocycles. The number of nitrogens with one attached hydrogen (secondary N) is 1. The molecule has 0 amide bonds. The molecule has 0 saturated heterocycles. The monoisotopic (exact) mass is 569 g/mol. The summed E-state index contributed by atoms with van der Waals surface area (Å²) in [6, 6.07) is 29.6. The lowest BCUT2D eigenvalue weighted by Gasteiger charge is -2.19. The van der Waals surface area contributed by atoms with Crippen molar-refractivity contribution < 1.29 is 14.4 Å². The highest BCUT2D eigenvalue weighted by Gasteiger charge is 2.29. The van der Waals surface area contributed by atoms with Gasteiger partial charge < -0.3 is 14.8 Å². The molecule has 1 aliphatic rings. The first-order valence-electron chi connectivity index (χ1n) is 13.5. The molecule has 210 valence electrons. The summed E-state index contributed by atoms with van der Waals surface area (Å²) < 4.78 is 7.35. The van der Waals surface area contributed by atoms with E-state index in [1.807, 2.05) is 60.8 Å². The fourth-order valence-electron chi connectivity index (χ4n) is 5.37. The van der Waals surface area contributed by atoms with E-state index in [2.05, 4.69) is 5.32 Å². The molecule has 10 nitrogen and oxygen atoms in total. The highest BCUT2D eigenvalue weighted by atomic mass is 16.6. The van der Waals surface area contributed by atoms with E-state index < -0.39 is 16.6 Å². The van der Waals surface area contributed by atoms with E-state index in [1.54, 1.807) is 41.1 Å². The number of nitro benzene ring substituents is 1. The van der Waals surface area contributed by atoms with Crippen LogP contribution < -0.4 is 10.9 Å². The Morgan fingerprint density at radius 3 is 2.44 bits per heavy atom. The van der Waals surface area contributed by atoms with Crippen LogP contribution in [0.25, 0.3) is 27.9 Å². The molecule has 7 rings (SSSR count). The zero-order valence-electron chi connectivity index (χ0n) is 22.5. The van der Waals surface area contributed by atoms with Crippen LogP contribution in [0, 0.1) is 10.1 Å². The van der Waals surface area contributed by atoms with Crippen molar-refractivity contribution in [1.82, 2.24) is 9.78 Å². The van der Waals surface area contributed by atoms with Crippen molar-refractivity contribution in [3.05, 3.63) is 141 Å². The topological polar surface area (TPSA) is 136 Å². The van der Waals surface area contributed by atoms with Crippen molar-refractivity contribution in [2.45, 2.75) is 12.5 Å². The fraction of sp³-hybridized carbons (Fsp3) is 0.0606. The van der Waals surface area contributed by atoms with Crippen LogP contribution in [0.1, 0.15) is 23.6 Å². The van der Waals surface area contributed by atoms with Gasteiger partial charge in [-0.15, -0.1) is 0 Å². The standard InChI is InChI=1S/C33H23N5O5/c39-32-23-10-4-7-13-29(23)43-33(40)30(32)28-18-27(34-25-11-5-6-12-26(25)35-28)24-19-37(21-8-2-1-3-9-21)36-31(24)20-14-16-22(17-15-20)38(41)42/h1-17,19,27,34,39H,18H2. The zero-order chi connectivity index (χ0) is 29.5. The minimum absolute atomic E-state index is 0.00506. The largest absolute Gasteiger partial charge is 0.506 e. The molecule has 0 spiro atoms. The zero-order valence-corrected chi connectivity index (χ0v) is 22.5. The summed E-state index contributed by atoms with van der Waals surface area (Å²) in [4.78, 5) is 29.0. The molecule has 6 aromatic rings. The molecule has 0 aliphatic carbocycles. The van der Waals surface area contributed by atoms with Crippen molar-refractivity contribution in [3.8, 4) is 22.7 Å². The third kappa shape index (κ3) is 4.70. The molecule has 0 bridgehead atoms. The number of hydrogen-bond donors (Lipinski definition) is 2. The molecule has 1 atom stereocenters. The Balaban J connectivity index is 1.41. The Kier molecular flexibility index (Phi) is 6.28. The number of benzene rings is 4. The van der Waals surface area contributed by atoms with Gasteiger partial charge in [0.1, 0.15) is 16.9 Å². The molecule has 1 unspecified atom stereocenters. The quantitative estimate of drug-likeness (QED) is 0.130. The summed E-state index contributed by atoms with van der Waals surface area (Å²) in [6.07, 6.45) is 2.10. The lowest BCUT2D eigenvalue weighted by Crippen LogP contribution is -2.20. The number of hydrogen-bond acceptors (Lipinski definition) is 8. The van der Waals surface area contributed by atoms with Crippen LogP contribution in [0.2, 0.25) is 0 Å². The number of nitrogens with zero attached hydrogens (tertiary/aromatic N) is 4. The van der Waals surface area contributed by atoms with Gasteiger partial charge in [-0.25, -0.2) is 9.48 Å². The van der Waals surface area contributed by atoms with Crippen molar-refractivity contribution in [2.75, 3.05) is 5.32 Å². The Labute approximate surface area is 244 Å². The predicted molar refractivity (Wildman–Crippen MR) is 163 cm³/mol. The summed E-state index contributed by atoms with van der Waals surface area (Å²) in [5.74, 6) is -0.195. The summed E-state index contributed by atoms with van der Waals surface area (Å²) in [5.41, 5.74) is 4.11. The van der Waals surface area contributed by atoms with E-state index in [0.29, 0.717) is 28.0 Å². The van der Waals surface area contributed by atoms with Gasteiger partial charge in [0, 0.05) is 35.9 Å². The molecule has 2 N–H and O–H groups in total. The molecule has 0 saturated carbocycles. The number of anilines is 1. The van der Waals surface area contributed by atoms with E-state index in [0.717, 1.165) is 16.9 Å². The van der Waals surface area contributed by atoms with Gasteiger partial charge in [-0.2, -0.15) is 5.10 Å². The van der Waals surface area contributed by atoms with E-state index in [1.165, 1.54) is 12.1 Å². The highest BCUT2D eigenvalue weighted by Crippen LogP contribution is 2.40. The summed E-state index contributed by atoms with van der Waals surface area (Å²) in [7, 11) is 0. The van der Waals surface area contributed by atoms with Crippen LogP contribution in [-0.2, 0) is 0 Å². The van der Waals surface area contributed by atoms with Gasteiger partial charge >= 0.3 is 5.63 Å². The van der Waals surface area contributed by atoms with Gasteiger partial charge in [0.15, 0.2) is 0 Å². The molecule has 0 radical (unpaired) electrons. The highest BCUT2D eigenvalue weighted by molar-refractivity contribution is 6.08. The lowest BCUT2D eigenvalue weighted by molar-refractivity contribution is -0.384. The summed E-state index contributed by atoms with van der Waals surface area (Å²) >= 11 is 0. The van der Waals surface area contributed by atoms with Gasteiger partial charge in [0.05, 0.1) is 44.8 Å². The first-order chi connectivity index (χ1) is 21.0. The SMILES string of the molecule is O=c1oc2ccccc2c(O)c1C1=Nc2ccccc2NC(c2cn(-c3ccccc3)nc2-c2ccc([N+](=O)[O-])cc2)C1. The molecule has 10 heteroatoms. The van der Waals surface area contributed by atoms with Gasteiger partial charge in [-0.3, -0.25) is 15.1 Å². The lowest BCUT2D eigenvalue weighted by atomic mass is 9.95. The maximum absolute atomic E-state index is 13.3. The van der Waals surface area contributed by atoms with E-state index in [4.69, 9.17) is 14.5 Å². The molecule has 1 aliphatic heterocycles. The van der Waals surface area contributed by atoms with E-state index in [-0.39, 0.29) is 29.0 Å². The Bertz CT molecular complexity index is 2100. The Morgan fingerprint density at radius 1 is 0.930 bits per heavy atom. The maximum Gasteiger partial charge on any atom is 0.349 e. The van der Waals surface area contributed by atoms with Crippen LogP contribution in [0.5, 0.6) is 5.75 Å². The minimum Gasteiger partial charge on any atom is -0.506 e. The molecular formula is C33H23N5O5. The molecule has 0 fully saturated rings. The van der Waals surface area contributed by atoms with Gasteiger partial charge in [0.25, 0.3) is 5.69 Å². The number of aromatic hydroxyl groups is 1. The number of aromatic nitrogens is 2. The van der Waals surface area contributed by atoms with Gasteiger partial charge in [-0.1, -0.05) is 42.5 Å². The molecule has 4 aromatic carbocycles. The second kappa shape index (κ2) is 10.4. The second-order valence-electron chi connectivity index (χ2n) is 10.1. The van der Waals surface area contributed by atoms with Gasteiger partial charge in [-0.05, 0) is 48.5 Å². The first-order valence-corrected chi connectivity index (χ1v) is 13.5. The normalized spacial score (nSPS) is 14.4. The van der Waals surface area contributed by atoms with Gasteiger partial charge in [0.2, 0.25) is 0 Å². The van der Waals surface area contributed by atoms with E-state index >= 15 is 0 Å². The number of nitro groups is 1. The number of rotatable bonds is 5. The summed E-state index contributed by atoms with van der Waals surface area (Å²) in [5, 5.41) is 31.5. The Morgan fingerprint density at radius 2 is 1.65 bits per heavy atom. The van der Waals surface area contributed by atoms with Crippen molar-refractivity contribution in [2.24, 2.45) is 4.99 Å². The van der Waals surface area contributed by atoms with Crippen molar-refractivity contribution in [1.29, 1.82) is 0 Å². The molecule has 3 heterocycles. The number of fused-ring (bicyclic) bond motifs is 2. The molecule has 43 heavy (non-hydrogen) atoms. The minimum atomic E-state index is -0.691. The Hall–Kier alpha value is -6.03. The fourth-order valence-corrected chi connectivity index (χ4v) is 5.37. The maximum atomic E-state index is 13.3.